The first-order chi connectivity index (χ1) is 11.1. The van der Waals surface area contributed by atoms with Crippen molar-refractivity contribution in [3.05, 3.63) is 48.6 Å². The molecule has 1 aliphatic rings. The molecule has 0 unspecified atom stereocenters. The molecule has 5 nitrogen and oxygen atoms in total. The van der Waals surface area contributed by atoms with Crippen molar-refractivity contribution in [1.29, 1.82) is 0 Å². The summed E-state index contributed by atoms with van der Waals surface area (Å²) in [7, 11) is 0. The van der Waals surface area contributed by atoms with Crippen molar-refractivity contribution in [2.24, 2.45) is 0 Å². The molecule has 1 saturated heterocycles. The molecule has 2 rings (SSSR count). The molecule has 1 heterocycles. The number of nitrogens with zero attached hydrogens (tertiary/aromatic N) is 2. The van der Waals surface area contributed by atoms with Crippen LogP contribution in [0.15, 0.2) is 43.0 Å². The van der Waals surface area contributed by atoms with Gasteiger partial charge in [0.1, 0.15) is 6.61 Å². The molecule has 0 N–H and O–H groups in total. The molecule has 0 atom stereocenters. The zero-order chi connectivity index (χ0) is 16.7. The highest BCUT2D eigenvalue weighted by Crippen LogP contribution is 2.18. The average Bonchev–Trinajstić information content (AvgIpc) is 2.58. The summed E-state index contributed by atoms with van der Waals surface area (Å²) in [4.78, 5) is 27.3. The summed E-state index contributed by atoms with van der Waals surface area (Å²) in [6.45, 7) is 7.33. The lowest BCUT2D eigenvalue weighted by atomic mass is 10.0. The highest BCUT2D eigenvalue weighted by atomic mass is 16.6. The Morgan fingerprint density at radius 1 is 1.30 bits per heavy atom. The second kappa shape index (κ2) is 8.36. The van der Waals surface area contributed by atoms with Gasteiger partial charge in [0.15, 0.2) is 0 Å². The van der Waals surface area contributed by atoms with E-state index in [-0.39, 0.29) is 24.6 Å². The van der Waals surface area contributed by atoms with E-state index in [2.05, 4.69) is 6.58 Å². The first-order valence-electron chi connectivity index (χ1n) is 7.95. The third-order valence-electron chi connectivity index (χ3n) is 4.10. The van der Waals surface area contributed by atoms with Crippen molar-refractivity contribution in [3.63, 3.8) is 0 Å². The van der Waals surface area contributed by atoms with Gasteiger partial charge in [0.2, 0.25) is 5.91 Å². The Hall–Kier alpha value is -2.30. The summed E-state index contributed by atoms with van der Waals surface area (Å²) in [5.41, 5.74) is 0.976. The second-order valence-corrected chi connectivity index (χ2v) is 5.72. The van der Waals surface area contributed by atoms with Crippen LogP contribution >= 0.6 is 0 Å². The molecule has 0 saturated carbocycles. The first kappa shape index (κ1) is 17.1. The fourth-order valence-corrected chi connectivity index (χ4v) is 2.84. The number of carbonyl (C=O) groups excluding carboxylic acids is 2. The molecule has 0 radical (unpaired) electrons. The quantitative estimate of drug-likeness (QED) is 0.785. The topological polar surface area (TPSA) is 49.9 Å². The van der Waals surface area contributed by atoms with Crippen LogP contribution in [0.3, 0.4) is 0 Å². The van der Waals surface area contributed by atoms with E-state index >= 15 is 0 Å². The highest BCUT2D eigenvalue weighted by molar-refractivity contribution is 5.74. The van der Waals surface area contributed by atoms with Crippen molar-refractivity contribution in [2.45, 2.75) is 32.4 Å². The standard InChI is InChI=1S/C18H24N2O3/c1-3-11-20(15(2)21)17-9-12-19(13-10-17)18(22)23-14-16-7-5-4-6-8-16/h3-8,17H,1,9-14H2,2H3. The molecule has 1 aromatic carbocycles. The minimum Gasteiger partial charge on any atom is -0.445 e. The van der Waals surface area contributed by atoms with Crippen molar-refractivity contribution >= 4 is 12.0 Å². The molecular weight excluding hydrogens is 292 g/mol. The molecule has 1 aliphatic heterocycles. The van der Waals surface area contributed by atoms with Crippen LogP contribution in [0.4, 0.5) is 4.79 Å². The summed E-state index contributed by atoms with van der Waals surface area (Å²) >= 11 is 0. The SMILES string of the molecule is C=CCN(C(C)=O)C1CCN(C(=O)OCc2ccccc2)CC1. The second-order valence-electron chi connectivity index (χ2n) is 5.72. The van der Waals surface area contributed by atoms with E-state index in [0.29, 0.717) is 19.6 Å². The minimum atomic E-state index is -0.287. The summed E-state index contributed by atoms with van der Waals surface area (Å²) in [6, 6.07) is 9.80. The first-order valence-corrected chi connectivity index (χ1v) is 7.95. The van der Waals surface area contributed by atoms with E-state index in [0.717, 1.165) is 18.4 Å². The normalized spacial score (nSPS) is 15.1. The van der Waals surface area contributed by atoms with Gasteiger partial charge in [-0.3, -0.25) is 4.79 Å². The van der Waals surface area contributed by atoms with Gasteiger partial charge in [-0.2, -0.15) is 0 Å². The lowest BCUT2D eigenvalue weighted by molar-refractivity contribution is -0.131. The molecule has 0 aliphatic carbocycles. The summed E-state index contributed by atoms with van der Waals surface area (Å²) in [5.74, 6) is 0.0509. The van der Waals surface area contributed by atoms with E-state index in [1.165, 1.54) is 0 Å². The Balaban J connectivity index is 1.80. The molecule has 0 spiro atoms. The fourth-order valence-electron chi connectivity index (χ4n) is 2.84. The number of amides is 2. The van der Waals surface area contributed by atoms with Gasteiger partial charge in [-0.15, -0.1) is 6.58 Å². The van der Waals surface area contributed by atoms with Crippen LogP contribution < -0.4 is 0 Å². The Morgan fingerprint density at radius 2 is 1.96 bits per heavy atom. The van der Waals surface area contributed by atoms with Crippen molar-refractivity contribution in [2.75, 3.05) is 19.6 Å². The van der Waals surface area contributed by atoms with E-state index in [9.17, 15) is 9.59 Å². The minimum absolute atomic E-state index is 0.0509. The largest absolute Gasteiger partial charge is 0.445 e. The predicted octanol–water partition coefficient (Wildman–Crippen LogP) is 2.82. The summed E-state index contributed by atoms with van der Waals surface area (Å²) in [5, 5.41) is 0. The number of rotatable bonds is 5. The maximum atomic E-state index is 12.1. The van der Waals surface area contributed by atoms with Crippen LogP contribution in [-0.2, 0) is 16.1 Å². The van der Waals surface area contributed by atoms with E-state index in [1.54, 1.807) is 17.9 Å². The lowest BCUT2D eigenvalue weighted by Gasteiger charge is -2.37. The molecule has 2 amide bonds. The number of benzene rings is 1. The van der Waals surface area contributed by atoms with Gasteiger partial charge >= 0.3 is 6.09 Å². The van der Waals surface area contributed by atoms with Crippen LogP contribution in [0.5, 0.6) is 0 Å². The Kier molecular flexibility index (Phi) is 6.20. The average molecular weight is 316 g/mol. The van der Waals surface area contributed by atoms with E-state index in [4.69, 9.17) is 4.74 Å². The monoisotopic (exact) mass is 316 g/mol. The van der Waals surface area contributed by atoms with Crippen molar-refractivity contribution in [3.8, 4) is 0 Å². The highest BCUT2D eigenvalue weighted by Gasteiger charge is 2.28. The Labute approximate surface area is 137 Å². The molecule has 5 heteroatoms. The van der Waals surface area contributed by atoms with Crippen LogP contribution in [0.1, 0.15) is 25.3 Å². The van der Waals surface area contributed by atoms with Crippen LogP contribution in [0.2, 0.25) is 0 Å². The van der Waals surface area contributed by atoms with Gasteiger partial charge in [-0.25, -0.2) is 4.79 Å². The van der Waals surface area contributed by atoms with Gasteiger partial charge in [0, 0.05) is 32.6 Å². The third kappa shape index (κ3) is 4.84. The number of likely N-dealkylation sites (tertiary alicyclic amines) is 1. The lowest BCUT2D eigenvalue weighted by Crippen LogP contribution is -2.48. The maximum Gasteiger partial charge on any atom is 0.410 e. The zero-order valence-corrected chi connectivity index (χ0v) is 13.6. The number of carbonyl (C=O) groups is 2. The molecule has 0 aromatic heterocycles. The van der Waals surface area contributed by atoms with Gasteiger partial charge in [-0.1, -0.05) is 36.4 Å². The van der Waals surface area contributed by atoms with Gasteiger partial charge in [0.05, 0.1) is 0 Å². The fraction of sp³-hybridized carbons (Fsp3) is 0.444. The molecular formula is C18H24N2O3. The zero-order valence-electron chi connectivity index (χ0n) is 13.6. The molecule has 0 bridgehead atoms. The number of hydrogen-bond acceptors (Lipinski definition) is 3. The van der Waals surface area contributed by atoms with Crippen molar-refractivity contribution in [1.82, 2.24) is 9.80 Å². The Bertz CT molecular complexity index is 536. The molecule has 23 heavy (non-hydrogen) atoms. The number of piperidine rings is 1. The summed E-state index contributed by atoms with van der Waals surface area (Å²) < 4.78 is 5.35. The van der Waals surface area contributed by atoms with Crippen LogP contribution in [0, 0.1) is 0 Å². The van der Waals surface area contributed by atoms with Crippen LogP contribution in [-0.4, -0.2) is 47.5 Å². The molecule has 1 fully saturated rings. The molecule has 124 valence electrons. The van der Waals surface area contributed by atoms with Crippen LogP contribution in [0.25, 0.3) is 0 Å². The number of ether oxygens (including phenoxy) is 1. The van der Waals surface area contributed by atoms with Gasteiger partial charge < -0.3 is 14.5 Å². The smallest absolute Gasteiger partial charge is 0.410 e. The summed E-state index contributed by atoms with van der Waals surface area (Å²) in [6.07, 6.45) is 2.99. The maximum absolute atomic E-state index is 12.1. The van der Waals surface area contributed by atoms with Crippen molar-refractivity contribution < 1.29 is 14.3 Å². The molecule has 1 aromatic rings. The Morgan fingerprint density at radius 3 is 2.52 bits per heavy atom. The van der Waals surface area contributed by atoms with E-state index in [1.807, 2.05) is 35.2 Å². The van der Waals surface area contributed by atoms with Gasteiger partial charge in [-0.05, 0) is 18.4 Å². The predicted molar refractivity (Wildman–Crippen MR) is 88.8 cm³/mol. The van der Waals surface area contributed by atoms with E-state index < -0.39 is 0 Å². The number of hydrogen-bond donors (Lipinski definition) is 0. The third-order valence-corrected chi connectivity index (χ3v) is 4.10. The van der Waals surface area contributed by atoms with Gasteiger partial charge in [0.25, 0.3) is 0 Å².